The van der Waals surface area contributed by atoms with Crippen LogP contribution in [0.15, 0.2) is 160 Å². The molecule has 0 aliphatic heterocycles. The molecule has 43 heavy (non-hydrogen) atoms. The van der Waals surface area contributed by atoms with E-state index in [1.54, 1.807) is 0 Å². The second-order valence-electron chi connectivity index (χ2n) is 10.9. The Morgan fingerprint density at radius 1 is 0.395 bits per heavy atom. The lowest BCUT2D eigenvalue weighted by molar-refractivity contribution is 0.669. The van der Waals surface area contributed by atoms with Gasteiger partial charge in [-0.3, -0.25) is 0 Å². The van der Waals surface area contributed by atoms with Gasteiger partial charge in [0.1, 0.15) is 22.3 Å². The molecule has 0 amide bonds. The number of nitrogens with zero attached hydrogens (tertiary/aromatic N) is 1. The first-order valence-corrected chi connectivity index (χ1v) is 14.5. The van der Waals surface area contributed by atoms with E-state index in [4.69, 9.17) is 8.83 Å². The van der Waals surface area contributed by atoms with E-state index in [1.807, 2.05) is 24.3 Å². The topological polar surface area (TPSA) is 29.5 Å². The van der Waals surface area contributed by atoms with Crippen LogP contribution in [0.4, 0.5) is 17.1 Å². The van der Waals surface area contributed by atoms with Crippen molar-refractivity contribution < 1.29 is 8.83 Å². The van der Waals surface area contributed by atoms with E-state index in [2.05, 4.69) is 132 Å². The summed E-state index contributed by atoms with van der Waals surface area (Å²) < 4.78 is 12.8. The minimum atomic E-state index is 0.877. The van der Waals surface area contributed by atoms with Gasteiger partial charge in [-0.15, -0.1) is 0 Å². The Morgan fingerprint density at radius 3 is 1.86 bits per heavy atom. The van der Waals surface area contributed by atoms with Crippen LogP contribution in [0.3, 0.4) is 0 Å². The summed E-state index contributed by atoms with van der Waals surface area (Å²) in [5.41, 5.74) is 9.10. The number of anilines is 3. The molecule has 0 saturated heterocycles. The third kappa shape index (κ3) is 3.75. The standard InChI is InChI=1S/C40H25NO2/c1-2-9-26(10-3-1)27-17-20-29(21-18-27)41(30-22-24-38-34(25-30)32-13-5-6-15-36(32)42-38)35-14-8-11-28-19-23-33-31-12-4-7-16-37(31)43-40(33)39(28)35/h1-25H. The zero-order valence-corrected chi connectivity index (χ0v) is 23.2. The molecule has 0 spiro atoms. The molecule has 7 aromatic carbocycles. The zero-order chi connectivity index (χ0) is 28.3. The van der Waals surface area contributed by atoms with Crippen LogP contribution in [-0.2, 0) is 0 Å². The summed E-state index contributed by atoms with van der Waals surface area (Å²) in [7, 11) is 0. The van der Waals surface area contributed by atoms with E-state index < -0.39 is 0 Å². The highest BCUT2D eigenvalue weighted by atomic mass is 16.3. The molecule has 9 rings (SSSR count). The number of benzene rings is 7. The minimum Gasteiger partial charge on any atom is -0.456 e. The number of hydrogen-bond donors (Lipinski definition) is 0. The van der Waals surface area contributed by atoms with Gasteiger partial charge in [0.25, 0.3) is 0 Å². The molecule has 202 valence electrons. The maximum atomic E-state index is 6.58. The van der Waals surface area contributed by atoms with Crippen LogP contribution in [0.2, 0.25) is 0 Å². The number of para-hydroxylation sites is 2. The first kappa shape index (κ1) is 23.9. The molecular formula is C40H25NO2. The molecule has 0 atom stereocenters. The summed E-state index contributed by atoms with van der Waals surface area (Å²) in [6.07, 6.45) is 0. The average Bonchev–Trinajstić information content (AvgIpc) is 3.64. The van der Waals surface area contributed by atoms with Gasteiger partial charge in [0.05, 0.1) is 5.69 Å². The fourth-order valence-electron chi connectivity index (χ4n) is 6.43. The van der Waals surface area contributed by atoms with Crippen molar-refractivity contribution in [2.45, 2.75) is 0 Å². The van der Waals surface area contributed by atoms with Crippen molar-refractivity contribution in [2.75, 3.05) is 4.90 Å². The smallest absolute Gasteiger partial charge is 0.145 e. The van der Waals surface area contributed by atoms with Gasteiger partial charge >= 0.3 is 0 Å². The Hall–Kier alpha value is -5.80. The molecular weight excluding hydrogens is 526 g/mol. The lowest BCUT2D eigenvalue weighted by Crippen LogP contribution is -2.10. The summed E-state index contributed by atoms with van der Waals surface area (Å²) in [6.45, 7) is 0. The number of hydrogen-bond acceptors (Lipinski definition) is 3. The predicted octanol–water partition coefficient (Wildman–Crippen LogP) is 11.8. The van der Waals surface area contributed by atoms with Crippen LogP contribution >= 0.6 is 0 Å². The average molecular weight is 552 g/mol. The third-order valence-corrected chi connectivity index (χ3v) is 8.46. The molecule has 0 aliphatic carbocycles. The van der Waals surface area contributed by atoms with Gasteiger partial charge in [-0.1, -0.05) is 97.1 Å². The van der Waals surface area contributed by atoms with Crippen molar-refractivity contribution in [3.63, 3.8) is 0 Å². The molecule has 0 saturated carbocycles. The van der Waals surface area contributed by atoms with E-state index in [-0.39, 0.29) is 0 Å². The largest absolute Gasteiger partial charge is 0.456 e. The van der Waals surface area contributed by atoms with E-state index in [0.29, 0.717) is 0 Å². The summed E-state index contributed by atoms with van der Waals surface area (Å²) in [4.78, 5) is 2.34. The van der Waals surface area contributed by atoms with Crippen LogP contribution in [0.25, 0.3) is 65.8 Å². The first-order chi connectivity index (χ1) is 21.3. The fourth-order valence-corrected chi connectivity index (χ4v) is 6.43. The van der Waals surface area contributed by atoms with E-state index in [0.717, 1.165) is 71.7 Å². The van der Waals surface area contributed by atoms with Gasteiger partial charge in [0, 0.05) is 38.3 Å². The van der Waals surface area contributed by atoms with Crippen molar-refractivity contribution in [3.05, 3.63) is 152 Å². The van der Waals surface area contributed by atoms with Crippen LogP contribution in [0.5, 0.6) is 0 Å². The highest BCUT2D eigenvalue weighted by molar-refractivity contribution is 6.19. The summed E-state index contributed by atoms with van der Waals surface area (Å²) in [5, 5.41) is 6.65. The summed E-state index contributed by atoms with van der Waals surface area (Å²) >= 11 is 0. The molecule has 0 fully saturated rings. The SMILES string of the molecule is c1ccc(-c2ccc(N(c3ccc4oc5ccccc5c4c3)c3cccc4ccc5c6ccccc6oc5c34)cc2)cc1. The number of rotatable bonds is 4. The van der Waals surface area contributed by atoms with Gasteiger partial charge in [0.15, 0.2) is 0 Å². The zero-order valence-electron chi connectivity index (χ0n) is 23.2. The second-order valence-corrected chi connectivity index (χ2v) is 10.9. The molecule has 0 N–H and O–H groups in total. The van der Waals surface area contributed by atoms with Gasteiger partial charge in [0.2, 0.25) is 0 Å². The van der Waals surface area contributed by atoms with Crippen LogP contribution < -0.4 is 4.90 Å². The lowest BCUT2D eigenvalue weighted by atomic mass is 10.0. The highest BCUT2D eigenvalue weighted by Gasteiger charge is 2.21. The van der Waals surface area contributed by atoms with Gasteiger partial charge in [-0.25, -0.2) is 0 Å². The summed E-state index contributed by atoms with van der Waals surface area (Å²) in [6, 6.07) is 53.1. The highest BCUT2D eigenvalue weighted by Crippen LogP contribution is 2.45. The van der Waals surface area contributed by atoms with Crippen molar-refractivity contribution >= 4 is 71.7 Å². The molecule has 2 aromatic heterocycles. The molecule has 3 heteroatoms. The molecule has 0 bridgehead atoms. The van der Waals surface area contributed by atoms with Gasteiger partial charge in [-0.2, -0.15) is 0 Å². The fraction of sp³-hybridized carbons (Fsp3) is 0. The number of furan rings is 2. The van der Waals surface area contributed by atoms with Crippen LogP contribution in [-0.4, -0.2) is 0 Å². The van der Waals surface area contributed by atoms with E-state index >= 15 is 0 Å². The maximum Gasteiger partial charge on any atom is 0.145 e. The predicted molar refractivity (Wildman–Crippen MR) is 179 cm³/mol. The summed E-state index contributed by atoms with van der Waals surface area (Å²) in [5.74, 6) is 0. The Balaban J connectivity index is 1.32. The molecule has 9 aromatic rings. The first-order valence-electron chi connectivity index (χ1n) is 14.5. The minimum absolute atomic E-state index is 0.877. The molecule has 0 aliphatic rings. The molecule has 3 nitrogen and oxygen atoms in total. The van der Waals surface area contributed by atoms with Crippen molar-refractivity contribution in [3.8, 4) is 11.1 Å². The van der Waals surface area contributed by atoms with Gasteiger partial charge < -0.3 is 13.7 Å². The molecule has 2 heterocycles. The second kappa shape index (κ2) is 9.37. The monoisotopic (exact) mass is 551 g/mol. The van der Waals surface area contributed by atoms with E-state index in [9.17, 15) is 0 Å². The Bertz CT molecular complexity index is 2450. The Labute approximate surface area is 247 Å². The van der Waals surface area contributed by atoms with Gasteiger partial charge in [-0.05, 0) is 71.1 Å². The van der Waals surface area contributed by atoms with Crippen molar-refractivity contribution in [1.29, 1.82) is 0 Å². The maximum absolute atomic E-state index is 6.58. The Kier molecular flexibility index (Phi) is 5.20. The third-order valence-electron chi connectivity index (χ3n) is 8.46. The van der Waals surface area contributed by atoms with Crippen molar-refractivity contribution in [2.24, 2.45) is 0 Å². The van der Waals surface area contributed by atoms with Crippen LogP contribution in [0.1, 0.15) is 0 Å². The quantitative estimate of drug-likeness (QED) is 0.218. The number of fused-ring (bicyclic) bond motifs is 8. The molecule has 0 unspecified atom stereocenters. The van der Waals surface area contributed by atoms with Crippen LogP contribution in [0, 0.1) is 0 Å². The van der Waals surface area contributed by atoms with Crippen molar-refractivity contribution in [1.82, 2.24) is 0 Å². The van der Waals surface area contributed by atoms with E-state index in [1.165, 1.54) is 11.1 Å². The molecule has 0 radical (unpaired) electrons. The lowest BCUT2D eigenvalue weighted by Gasteiger charge is -2.27. The normalized spacial score (nSPS) is 11.7. The Morgan fingerprint density at radius 2 is 1.05 bits per heavy atom.